The molecular weight excluding hydrogens is 558 g/mol. The standard InChI is InChI=1S/C33H29N7O4/c1-20(38-32(42)27-28-22(11-7-16-35-28)19-37-29(27)34)30-39-24-14-5-9-21(10-6-17-36-31(41)25-15-8-18-44-25)26(24)33(43)40(30)23-12-3-2-4-13-23/h2-5,7,9,11-14,16,19-20,25H,8,15,17-18H2,1H3,(H2,34,37)(H,36,41)(H,38,42)/t20-,25+/m0/s1. The third-order valence-electron chi connectivity index (χ3n) is 7.37. The van der Waals surface area contributed by atoms with E-state index in [0.29, 0.717) is 51.9 Å². The number of nitrogens with two attached hydrogens (primary N) is 1. The quantitative estimate of drug-likeness (QED) is 0.256. The first-order valence-electron chi connectivity index (χ1n) is 14.2. The number of nitrogen functional groups attached to an aromatic ring is 1. The Balaban J connectivity index is 1.37. The Hall–Kier alpha value is -5.60. The molecule has 11 heteroatoms. The second-order valence-corrected chi connectivity index (χ2v) is 10.3. The number of anilines is 1. The van der Waals surface area contributed by atoms with Crippen LogP contribution in [-0.4, -0.2) is 50.6 Å². The van der Waals surface area contributed by atoms with Gasteiger partial charge in [-0.05, 0) is 56.2 Å². The second kappa shape index (κ2) is 12.3. The van der Waals surface area contributed by atoms with Gasteiger partial charge in [0.2, 0.25) is 5.91 Å². The lowest BCUT2D eigenvalue weighted by Crippen LogP contribution is -2.34. The fourth-order valence-electron chi connectivity index (χ4n) is 5.25. The van der Waals surface area contributed by atoms with Gasteiger partial charge < -0.3 is 21.1 Å². The lowest BCUT2D eigenvalue weighted by atomic mass is 10.1. The predicted molar refractivity (Wildman–Crippen MR) is 166 cm³/mol. The largest absolute Gasteiger partial charge is 0.383 e. The second-order valence-electron chi connectivity index (χ2n) is 10.3. The van der Waals surface area contributed by atoms with Crippen molar-refractivity contribution in [3.8, 4) is 17.5 Å². The van der Waals surface area contributed by atoms with Crippen molar-refractivity contribution in [3.63, 3.8) is 0 Å². The van der Waals surface area contributed by atoms with Gasteiger partial charge in [-0.15, -0.1) is 0 Å². The molecule has 0 radical (unpaired) electrons. The minimum atomic E-state index is -0.721. The molecule has 4 heterocycles. The average Bonchev–Trinajstić information content (AvgIpc) is 3.58. The van der Waals surface area contributed by atoms with Crippen LogP contribution in [0.2, 0.25) is 0 Å². The SMILES string of the molecule is C[C@H](NC(=O)c1c(N)ncc2cccnc12)c1nc2cccc(C#CCNC(=O)[C@H]3CCCO3)c2c(=O)n1-c1ccccc1. The Morgan fingerprint density at radius 3 is 2.75 bits per heavy atom. The van der Waals surface area contributed by atoms with Crippen molar-refractivity contribution in [2.75, 3.05) is 18.9 Å². The van der Waals surface area contributed by atoms with Gasteiger partial charge in [0.05, 0.1) is 34.7 Å². The summed E-state index contributed by atoms with van der Waals surface area (Å²) in [5, 5.41) is 6.70. The normalized spacial score (nSPS) is 15.0. The fraction of sp³-hybridized carbons (Fsp3) is 0.212. The molecule has 2 atom stereocenters. The number of para-hydroxylation sites is 1. The van der Waals surface area contributed by atoms with Gasteiger partial charge in [-0.1, -0.05) is 36.1 Å². The Bertz CT molecular complexity index is 2010. The number of ether oxygens (including phenoxy) is 1. The van der Waals surface area contributed by atoms with E-state index in [1.165, 1.54) is 4.57 Å². The molecule has 0 aliphatic carbocycles. The molecule has 2 aromatic carbocycles. The smallest absolute Gasteiger partial charge is 0.267 e. The van der Waals surface area contributed by atoms with E-state index in [0.717, 1.165) is 6.42 Å². The fourth-order valence-corrected chi connectivity index (χ4v) is 5.25. The number of pyridine rings is 2. The van der Waals surface area contributed by atoms with Gasteiger partial charge in [-0.2, -0.15) is 0 Å². The molecule has 4 N–H and O–H groups in total. The van der Waals surface area contributed by atoms with Crippen molar-refractivity contribution in [2.24, 2.45) is 0 Å². The van der Waals surface area contributed by atoms with Crippen LogP contribution in [0, 0.1) is 11.8 Å². The Kier molecular flexibility index (Phi) is 7.99. The number of fused-ring (bicyclic) bond motifs is 2. The Morgan fingerprint density at radius 1 is 1.11 bits per heavy atom. The number of nitrogens with zero attached hydrogens (tertiary/aromatic N) is 4. The van der Waals surface area contributed by atoms with Crippen molar-refractivity contribution in [3.05, 3.63) is 100 Å². The third kappa shape index (κ3) is 5.58. The highest BCUT2D eigenvalue weighted by atomic mass is 16.5. The maximum Gasteiger partial charge on any atom is 0.267 e. The zero-order valence-electron chi connectivity index (χ0n) is 23.9. The van der Waals surface area contributed by atoms with Crippen molar-refractivity contribution in [1.82, 2.24) is 30.2 Å². The highest BCUT2D eigenvalue weighted by molar-refractivity contribution is 6.09. The molecule has 11 nitrogen and oxygen atoms in total. The monoisotopic (exact) mass is 587 g/mol. The molecule has 0 unspecified atom stereocenters. The van der Waals surface area contributed by atoms with Crippen molar-refractivity contribution < 1.29 is 14.3 Å². The van der Waals surface area contributed by atoms with Crippen LogP contribution in [0.1, 0.15) is 47.6 Å². The predicted octanol–water partition coefficient (Wildman–Crippen LogP) is 3.05. The molecule has 5 aromatic rings. The number of nitrogens with one attached hydrogen (secondary N) is 2. The van der Waals surface area contributed by atoms with Crippen LogP contribution in [0.4, 0.5) is 5.82 Å². The summed E-state index contributed by atoms with van der Waals surface area (Å²) in [6, 6.07) is 17.1. The molecule has 1 saturated heterocycles. The Labute approximate surface area is 252 Å². The highest BCUT2D eigenvalue weighted by Crippen LogP contribution is 2.23. The molecule has 44 heavy (non-hydrogen) atoms. The maximum atomic E-state index is 14.2. The number of carbonyl (C=O) groups is 2. The summed E-state index contributed by atoms with van der Waals surface area (Å²) in [6.45, 7) is 2.43. The number of hydrogen-bond donors (Lipinski definition) is 3. The number of carbonyl (C=O) groups excluding carboxylic acids is 2. The van der Waals surface area contributed by atoms with Crippen LogP contribution >= 0.6 is 0 Å². The molecule has 2 amide bonds. The van der Waals surface area contributed by atoms with E-state index in [-0.39, 0.29) is 29.4 Å². The van der Waals surface area contributed by atoms with E-state index >= 15 is 0 Å². The van der Waals surface area contributed by atoms with Gasteiger partial charge in [0, 0.05) is 30.0 Å². The molecule has 1 fully saturated rings. The van der Waals surface area contributed by atoms with Crippen molar-refractivity contribution >= 4 is 39.4 Å². The molecule has 0 bridgehead atoms. The van der Waals surface area contributed by atoms with Crippen molar-refractivity contribution in [1.29, 1.82) is 0 Å². The summed E-state index contributed by atoms with van der Waals surface area (Å²) < 4.78 is 6.88. The summed E-state index contributed by atoms with van der Waals surface area (Å²) in [7, 11) is 0. The summed E-state index contributed by atoms with van der Waals surface area (Å²) in [4.78, 5) is 53.4. The first-order chi connectivity index (χ1) is 21.4. The zero-order chi connectivity index (χ0) is 30.6. The van der Waals surface area contributed by atoms with Gasteiger partial charge in [-0.3, -0.25) is 23.9 Å². The van der Waals surface area contributed by atoms with Crippen LogP contribution < -0.4 is 21.9 Å². The van der Waals surface area contributed by atoms with E-state index in [2.05, 4.69) is 32.4 Å². The van der Waals surface area contributed by atoms with E-state index in [1.807, 2.05) is 18.2 Å². The number of amides is 2. The van der Waals surface area contributed by atoms with E-state index in [9.17, 15) is 14.4 Å². The molecule has 3 aromatic heterocycles. The summed E-state index contributed by atoms with van der Waals surface area (Å²) in [5.74, 6) is 5.64. The number of aromatic nitrogens is 4. The summed E-state index contributed by atoms with van der Waals surface area (Å²) in [5.41, 5.74) is 7.79. The lowest BCUT2D eigenvalue weighted by molar-refractivity contribution is -0.129. The molecule has 1 aliphatic rings. The average molecular weight is 588 g/mol. The maximum absolute atomic E-state index is 14.2. The van der Waals surface area contributed by atoms with E-state index in [4.69, 9.17) is 15.5 Å². The summed E-state index contributed by atoms with van der Waals surface area (Å²) in [6.07, 6.45) is 4.25. The van der Waals surface area contributed by atoms with E-state index < -0.39 is 18.1 Å². The van der Waals surface area contributed by atoms with Crippen LogP contribution in [0.5, 0.6) is 0 Å². The highest BCUT2D eigenvalue weighted by Gasteiger charge is 2.24. The lowest BCUT2D eigenvalue weighted by Gasteiger charge is -2.20. The minimum absolute atomic E-state index is 0.0444. The van der Waals surface area contributed by atoms with Gasteiger partial charge in [0.15, 0.2) is 0 Å². The molecule has 1 aliphatic heterocycles. The number of hydrogen-bond acceptors (Lipinski definition) is 8. The number of rotatable bonds is 6. The van der Waals surface area contributed by atoms with E-state index in [1.54, 1.807) is 61.8 Å². The molecule has 6 rings (SSSR count). The minimum Gasteiger partial charge on any atom is -0.383 e. The van der Waals surface area contributed by atoms with Crippen LogP contribution in [-0.2, 0) is 9.53 Å². The van der Waals surface area contributed by atoms with Gasteiger partial charge in [0.1, 0.15) is 23.3 Å². The molecule has 0 saturated carbocycles. The van der Waals surface area contributed by atoms with Gasteiger partial charge >= 0.3 is 0 Å². The first-order valence-corrected chi connectivity index (χ1v) is 14.2. The summed E-state index contributed by atoms with van der Waals surface area (Å²) >= 11 is 0. The molecule has 220 valence electrons. The van der Waals surface area contributed by atoms with Gasteiger partial charge in [-0.25, -0.2) is 9.97 Å². The Morgan fingerprint density at radius 2 is 1.95 bits per heavy atom. The van der Waals surface area contributed by atoms with Crippen LogP contribution in [0.25, 0.3) is 27.5 Å². The number of benzene rings is 2. The zero-order valence-corrected chi connectivity index (χ0v) is 23.9. The molecular formula is C33H29N7O4. The first kappa shape index (κ1) is 28.5. The van der Waals surface area contributed by atoms with Gasteiger partial charge in [0.25, 0.3) is 11.5 Å². The topological polar surface area (TPSA) is 154 Å². The van der Waals surface area contributed by atoms with Crippen molar-refractivity contribution in [2.45, 2.75) is 31.9 Å². The van der Waals surface area contributed by atoms with Crippen LogP contribution in [0.3, 0.4) is 0 Å². The third-order valence-corrected chi connectivity index (χ3v) is 7.37. The molecule has 0 spiro atoms. The van der Waals surface area contributed by atoms with Crippen LogP contribution in [0.15, 0.2) is 77.9 Å².